The van der Waals surface area contributed by atoms with Crippen LogP contribution in [0.25, 0.3) is 5.69 Å². The van der Waals surface area contributed by atoms with Crippen molar-refractivity contribution in [3.63, 3.8) is 0 Å². The monoisotopic (exact) mass is 341 g/mol. The number of aromatic nitrogens is 3. The highest BCUT2D eigenvalue weighted by Gasteiger charge is 2.12. The van der Waals surface area contributed by atoms with Gasteiger partial charge in [0.15, 0.2) is 5.16 Å². The molecule has 2 aromatic carbocycles. The lowest BCUT2D eigenvalue weighted by Gasteiger charge is -2.12. The van der Waals surface area contributed by atoms with Crippen molar-refractivity contribution in [3.05, 3.63) is 66.0 Å². The Morgan fingerprint density at radius 2 is 2.00 bits per heavy atom. The first-order valence-corrected chi connectivity index (χ1v) is 8.58. The van der Waals surface area contributed by atoms with Crippen LogP contribution in [0.3, 0.4) is 0 Å². The Morgan fingerprint density at radius 3 is 2.75 bits per heavy atom. The van der Waals surface area contributed by atoms with Gasteiger partial charge in [0.2, 0.25) is 0 Å². The molecule has 0 spiro atoms. The van der Waals surface area contributed by atoms with Crippen LogP contribution in [0.4, 0.5) is 0 Å². The minimum absolute atomic E-state index is 0.506. The summed E-state index contributed by atoms with van der Waals surface area (Å²) in [6.45, 7) is 2.03. The average molecular weight is 341 g/mol. The van der Waals surface area contributed by atoms with Crippen molar-refractivity contribution in [2.45, 2.75) is 18.2 Å². The summed E-state index contributed by atoms with van der Waals surface area (Å²) in [5, 5.41) is 19.2. The molecule has 0 unspecified atom stereocenters. The van der Waals surface area contributed by atoms with Gasteiger partial charge in [-0.25, -0.2) is 0 Å². The fourth-order valence-electron chi connectivity index (χ4n) is 2.30. The lowest BCUT2D eigenvalue weighted by molar-refractivity contribution is 0.204. The first-order valence-electron chi connectivity index (χ1n) is 7.59. The van der Waals surface area contributed by atoms with Crippen molar-refractivity contribution >= 4 is 11.8 Å². The van der Waals surface area contributed by atoms with Gasteiger partial charge >= 0.3 is 0 Å². The lowest BCUT2D eigenvalue weighted by Crippen LogP contribution is -2.02. The van der Waals surface area contributed by atoms with E-state index in [-0.39, 0.29) is 0 Å². The topological polar surface area (TPSA) is 60.2 Å². The largest absolute Gasteiger partial charge is 0.497 e. The molecule has 0 aliphatic rings. The zero-order chi connectivity index (χ0) is 16.9. The smallest absolute Gasteiger partial charge is 0.195 e. The Morgan fingerprint density at radius 1 is 1.21 bits per heavy atom. The number of thioether (sulfide) groups is 1. The number of aliphatic hydroxyl groups is 1. The minimum atomic E-state index is -0.550. The zero-order valence-electron chi connectivity index (χ0n) is 13.6. The van der Waals surface area contributed by atoms with Crippen LogP contribution in [0.1, 0.15) is 17.2 Å². The van der Waals surface area contributed by atoms with Crippen LogP contribution < -0.4 is 4.74 Å². The Balaban J connectivity index is 1.72. The summed E-state index contributed by atoms with van der Waals surface area (Å²) in [4.78, 5) is 0. The zero-order valence-corrected chi connectivity index (χ0v) is 14.4. The van der Waals surface area contributed by atoms with E-state index in [9.17, 15) is 5.11 Å². The molecule has 0 bridgehead atoms. The van der Waals surface area contributed by atoms with Crippen LogP contribution in [-0.2, 0) is 0 Å². The molecule has 6 heteroatoms. The highest BCUT2D eigenvalue weighted by molar-refractivity contribution is 7.99. The molecule has 1 atom stereocenters. The van der Waals surface area contributed by atoms with E-state index >= 15 is 0 Å². The summed E-state index contributed by atoms with van der Waals surface area (Å²) in [5.41, 5.74) is 3.00. The number of benzene rings is 2. The Bertz CT molecular complexity index is 802. The molecule has 24 heavy (non-hydrogen) atoms. The SMILES string of the molecule is COc1cccc(-n2cnnc2SC[C@H](O)c2ccc(C)cc2)c1. The molecule has 0 amide bonds. The molecular weight excluding hydrogens is 322 g/mol. The fourth-order valence-corrected chi connectivity index (χ4v) is 3.19. The first kappa shape index (κ1) is 16.5. The van der Waals surface area contributed by atoms with Crippen molar-refractivity contribution in [2.75, 3.05) is 12.9 Å². The quantitative estimate of drug-likeness (QED) is 0.696. The molecule has 5 nitrogen and oxygen atoms in total. The van der Waals surface area contributed by atoms with Crippen LogP contribution in [-0.4, -0.2) is 32.7 Å². The number of aliphatic hydroxyl groups excluding tert-OH is 1. The van der Waals surface area contributed by atoms with E-state index in [0.29, 0.717) is 5.75 Å². The second-order valence-electron chi connectivity index (χ2n) is 5.42. The predicted octanol–water partition coefficient (Wildman–Crippen LogP) is 3.41. The standard InChI is InChI=1S/C18H19N3O2S/c1-13-6-8-14(9-7-13)17(22)11-24-18-20-19-12-21(18)15-4-3-5-16(10-15)23-2/h3-10,12,17,22H,11H2,1-2H3/t17-/m0/s1. The summed E-state index contributed by atoms with van der Waals surface area (Å²) in [6, 6.07) is 15.6. The third-order valence-corrected chi connectivity index (χ3v) is 4.70. The van der Waals surface area contributed by atoms with Gasteiger partial charge in [-0.15, -0.1) is 10.2 Å². The molecule has 0 aliphatic heterocycles. The van der Waals surface area contributed by atoms with Crippen LogP contribution in [0.2, 0.25) is 0 Å². The van der Waals surface area contributed by atoms with Crippen molar-refractivity contribution in [1.29, 1.82) is 0 Å². The van der Waals surface area contributed by atoms with Crippen LogP contribution in [0, 0.1) is 6.92 Å². The molecule has 124 valence electrons. The fraction of sp³-hybridized carbons (Fsp3) is 0.222. The summed E-state index contributed by atoms with van der Waals surface area (Å²) in [7, 11) is 1.64. The van der Waals surface area contributed by atoms with Crippen molar-refractivity contribution < 1.29 is 9.84 Å². The van der Waals surface area contributed by atoms with Gasteiger partial charge in [0.05, 0.1) is 18.9 Å². The van der Waals surface area contributed by atoms with E-state index in [2.05, 4.69) is 10.2 Å². The molecule has 0 radical (unpaired) electrons. The van der Waals surface area contributed by atoms with Crippen molar-refractivity contribution in [3.8, 4) is 11.4 Å². The van der Waals surface area contributed by atoms with E-state index in [1.807, 2.05) is 60.0 Å². The van der Waals surface area contributed by atoms with Crippen LogP contribution >= 0.6 is 11.8 Å². The molecule has 1 heterocycles. The maximum atomic E-state index is 10.4. The maximum Gasteiger partial charge on any atom is 0.195 e. The van der Waals surface area contributed by atoms with Gasteiger partial charge in [0.25, 0.3) is 0 Å². The third-order valence-electron chi connectivity index (χ3n) is 3.68. The number of nitrogens with zero attached hydrogens (tertiary/aromatic N) is 3. The average Bonchev–Trinajstić information content (AvgIpc) is 3.09. The summed E-state index contributed by atoms with van der Waals surface area (Å²) in [5.74, 6) is 1.28. The number of methoxy groups -OCH3 is 1. The molecule has 3 rings (SSSR count). The Kier molecular flexibility index (Phi) is 5.17. The molecule has 3 aromatic rings. The molecular formula is C18H19N3O2S. The van der Waals surface area contributed by atoms with Gasteiger partial charge in [-0.1, -0.05) is 47.7 Å². The molecule has 0 saturated carbocycles. The van der Waals surface area contributed by atoms with Crippen LogP contribution in [0.15, 0.2) is 60.0 Å². The highest BCUT2D eigenvalue weighted by Crippen LogP contribution is 2.26. The third kappa shape index (κ3) is 3.77. The number of aryl methyl sites for hydroxylation is 1. The Labute approximate surface area is 145 Å². The Hall–Kier alpha value is -2.31. The number of ether oxygens (including phenoxy) is 1. The second kappa shape index (κ2) is 7.51. The number of hydrogen-bond donors (Lipinski definition) is 1. The van der Waals surface area contributed by atoms with Gasteiger partial charge in [0, 0.05) is 11.8 Å². The molecule has 1 N–H and O–H groups in total. The molecule has 0 saturated heterocycles. The van der Waals surface area contributed by atoms with Crippen molar-refractivity contribution in [1.82, 2.24) is 14.8 Å². The highest BCUT2D eigenvalue weighted by atomic mass is 32.2. The summed E-state index contributed by atoms with van der Waals surface area (Å²) < 4.78 is 7.14. The molecule has 0 aliphatic carbocycles. The number of rotatable bonds is 6. The van der Waals surface area contributed by atoms with Crippen molar-refractivity contribution in [2.24, 2.45) is 0 Å². The van der Waals surface area contributed by atoms with E-state index < -0.39 is 6.10 Å². The summed E-state index contributed by atoms with van der Waals surface area (Å²) in [6.07, 6.45) is 1.11. The van der Waals surface area contributed by atoms with E-state index in [4.69, 9.17) is 4.74 Å². The normalized spacial score (nSPS) is 12.1. The maximum absolute atomic E-state index is 10.4. The van der Waals surface area contributed by atoms with Gasteiger partial charge in [0.1, 0.15) is 12.1 Å². The number of hydrogen-bond acceptors (Lipinski definition) is 5. The van der Waals surface area contributed by atoms with E-state index in [1.54, 1.807) is 13.4 Å². The minimum Gasteiger partial charge on any atom is -0.497 e. The molecule has 1 aromatic heterocycles. The predicted molar refractivity (Wildman–Crippen MR) is 94.8 cm³/mol. The van der Waals surface area contributed by atoms with Gasteiger partial charge in [-0.05, 0) is 24.6 Å². The van der Waals surface area contributed by atoms with Gasteiger partial charge in [-0.3, -0.25) is 4.57 Å². The first-order chi connectivity index (χ1) is 11.7. The molecule has 0 fully saturated rings. The van der Waals surface area contributed by atoms with Gasteiger partial charge in [-0.2, -0.15) is 0 Å². The summed E-state index contributed by atoms with van der Waals surface area (Å²) >= 11 is 1.47. The van der Waals surface area contributed by atoms with Gasteiger partial charge < -0.3 is 9.84 Å². The van der Waals surface area contributed by atoms with E-state index in [0.717, 1.165) is 22.2 Å². The van der Waals surface area contributed by atoms with E-state index in [1.165, 1.54) is 17.3 Å². The lowest BCUT2D eigenvalue weighted by atomic mass is 10.1. The van der Waals surface area contributed by atoms with Crippen LogP contribution in [0.5, 0.6) is 5.75 Å². The second-order valence-corrected chi connectivity index (χ2v) is 6.41.